The molecule has 2 rings (SSSR count). The average molecular weight is 232 g/mol. The summed E-state index contributed by atoms with van der Waals surface area (Å²) in [7, 11) is 4.40. The molecule has 0 amide bonds. The quantitative estimate of drug-likeness (QED) is 0.860. The Morgan fingerprint density at radius 2 is 1.94 bits per heavy atom. The van der Waals surface area contributed by atoms with Gasteiger partial charge in [0.1, 0.15) is 0 Å². The van der Waals surface area contributed by atoms with E-state index < -0.39 is 0 Å². The molecular weight excluding hydrogens is 208 g/mol. The first-order valence-corrected chi connectivity index (χ1v) is 6.68. The maximum Gasteiger partial charge on any atom is 0.0182 e. The first-order valence-electron chi connectivity index (χ1n) is 6.68. The summed E-state index contributed by atoms with van der Waals surface area (Å²) in [5.74, 6) is 0.629. The van der Waals surface area contributed by atoms with Gasteiger partial charge in [0, 0.05) is 18.5 Å². The minimum atomic E-state index is 0.629. The van der Waals surface area contributed by atoms with E-state index in [-0.39, 0.29) is 0 Å². The highest BCUT2D eigenvalue weighted by Crippen LogP contribution is 2.26. The molecule has 94 valence electrons. The molecule has 0 saturated carbocycles. The zero-order chi connectivity index (χ0) is 12.3. The molecule has 1 aliphatic heterocycles. The summed E-state index contributed by atoms with van der Waals surface area (Å²) < 4.78 is 0. The summed E-state index contributed by atoms with van der Waals surface area (Å²) >= 11 is 0. The number of hydrogen-bond acceptors (Lipinski definition) is 2. The van der Waals surface area contributed by atoms with Crippen LogP contribution >= 0.6 is 0 Å². The number of rotatable bonds is 3. The van der Waals surface area contributed by atoms with Gasteiger partial charge in [0.05, 0.1) is 0 Å². The molecule has 0 aromatic heterocycles. The molecule has 2 heteroatoms. The Labute approximate surface area is 105 Å². The van der Waals surface area contributed by atoms with Crippen LogP contribution in [0.15, 0.2) is 24.3 Å². The van der Waals surface area contributed by atoms with Crippen LogP contribution in [0.25, 0.3) is 0 Å². The second-order valence-electron chi connectivity index (χ2n) is 5.23. The van der Waals surface area contributed by atoms with Crippen molar-refractivity contribution in [1.29, 1.82) is 0 Å². The van der Waals surface area contributed by atoms with Crippen molar-refractivity contribution in [2.75, 3.05) is 27.2 Å². The fraction of sp³-hybridized carbons (Fsp3) is 0.600. The number of aryl methyl sites for hydroxylation is 1. The average Bonchev–Trinajstić information content (AvgIpc) is 2.39. The fourth-order valence-corrected chi connectivity index (χ4v) is 2.80. The lowest BCUT2D eigenvalue weighted by Gasteiger charge is -2.37. The molecule has 17 heavy (non-hydrogen) atoms. The topological polar surface area (TPSA) is 15.3 Å². The summed E-state index contributed by atoms with van der Waals surface area (Å²) in [4.78, 5) is 2.37. The number of nitrogens with one attached hydrogen (secondary N) is 1. The molecule has 1 fully saturated rings. The van der Waals surface area contributed by atoms with Gasteiger partial charge in [-0.1, -0.05) is 31.2 Å². The molecule has 0 radical (unpaired) electrons. The third kappa shape index (κ3) is 2.88. The maximum absolute atomic E-state index is 3.52. The van der Waals surface area contributed by atoms with Crippen molar-refractivity contribution in [3.05, 3.63) is 35.4 Å². The van der Waals surface area contributed by atoms with E-state index in [1.165, 1.54) is 17.5 Å². The van der Waals surface area contributed by atoms with Crippen LogP contribution in [0.4, 0.5) is 0 Å². The summed E-state index contributed by atoms with van der Waals surface area (Å²) in [5.41, 5.74) is 2.91. The van der Waals surface area contributed by atoms with Gasteiger partial charge in [0.15, 0.2) is 0 Å². The van der Waals surface area contributed by atoms with Crippen molar-refractivity contribution in [3.63, 3.8) is 0 Å². The number of piperidine rings is 1. The van der Waals surface area contributed by atoms with Crippen LogP contribution in [0, 0.1) is 0 Å². The van der Waals surface area contributed by atoms with Crippen LogP contribution in [0.5, 0.6) is 0 Å². The lowest BCUT2D eigenvalue weighted by atomic mass is 9.86. The molecule has 1 aromatic rings. The minimum Gasteiger partial charge on any atom is -0.316 e. The van der Waals surface area contributed by atoms with Crippen LogP contribution in [-0.2, 0) is 6.42 Å². The van der Waals surface area contributed by atoms with Crippen molar-refractivity contribution in [1.82, 2.24) is 10.2 Å². The summed E-state index contributed by atoms with van der Waals surface area (Å²) in [5, 5.41) is 3.52. The monoisotopic (exact) mass is 232 g/mol. The highest BCUT2D eigenvalue weighted by Gasteiger charge is 2.27. The Kier molecular flexibility index (Phi) is 4.19. The Morgan fingerprint density at radius 3 is 2.53 bits per heavy atom. The first kappa shape index (κ1) is 12.6. The van der Waals surface area contributed by atoms with Gasteiger partial charge in [-0.25, -0.2) is 0 Å². The standard InChI is InChI=1S/C15H24N2/c1-4-12-5-7-13(8-6-12)14-11-16-10-9-15(14)17(2)3/h5-8,14-16H,4,9-11H2,1-3H3. The lowest BCUT2D eigenvalue weighted by molar-refractivity contribution is 0.209. The van der Waals surface area contributed by atoms with E-state index >= 15 is 0 Å². The highest BCUT2D eigenvalue weighted by atomic mass is 15.1. The van der Waals surface area contributed by atoms with Gasteiger partial charge < -0.3 is 10.2 Å². The zero-order valence-corrected chi connectivity index (χ0v) is 11.2. The second-order valence-corrected chi connectivity index (χ2v) is 5.23. The Bertz CT molecular complexity index is 342. The molecule has 0 spiro atoms. The van der Waals surface area contributed by atoms with Crippen molar-refractivity contribution >= 4 is 0 Å². The normalized spacial score (nSPS) is 25.2. The number of benzene rings is 1. The predicted molar refractivity (Wildman–Crippen MR) is 73.5 cm³/mol. The first-order chi connectivity index (χ1) is 8.22. The van der Waals surface area contributed by atoms with E-state index in [1.54, 1.807) is 0 Å². The molecule has 1 aromatic carbocycles. The molecular formula is C15H24N2. The maximum atomic E-state index is 3.52. The molecule has 2 unspecified atom stereocenters. The molecule has 2 atom stereocenters. The molecule has 1 heterocycles. The fourth-order valence-electron chi connectivity index (χ4n) is 2.80. The summed E-state index contributed by atoms with van der Waals surface area (Å²) in [6.07, 6.45) is 2.37. The second kappa shape index (κ2) is 5.65. The van der Waals surface area contributed by atoms with Crippen LogP contribution in [0.3, 0.4) is 0 Å². The van der Waals surface area contributed by atoms with Gasteiger partial charge in [0.2, 0.25) is 0 Å². The highest BCUT2D eigenvalue weighted by molar-refractivity contribution is 5.27. The predicted octanol–water partition coefficient (Wildman–Crippen LogP) is 2.26. The van der Waals surface area contributed by atoms with E-state index in [0.29, 0.717) is 12.0 Å². The van der Waals surface area contributed by atoms with Gasteiger partial charge in [-0.05, 0) is 44.6 Å². The largest absolute Gasteiger partial charge is 0.316 e. The van der Waals surface area contributed by atoms with E-state index in [2.05, 4.69) is 55.5 Å². The summed E-state index contributed by atoms with van der Waals surface area (Å²) in [6.45, 7) is 4.46. The van der Waals surface area contributed by atoms with E-state index in [0.717, 1.165) is 19.5 Å². The number of nitrogens with zero attached hydrogens (tertiary/aromatic N) is 1. The zero-order valence-electron chi connectivity index (χ0n) is 11.2. The van der Waals surface area contributed by atoms with Crippen LogP contribution in [-0.4, -0.2) is 38.1 Å². The molecule has 0 aliphatic carbocycles. The van der Waals surface area contributed by atoms with Gasteiger partial charge in [-0.3, -0.25) is 0 Å². The molecule has 1 aliphatic rings. The van der Waals surface area contributed by atoms with Crippen molar-refractivity contribution in [2.45, 2.75) is 31.7 Å². The molecule has 2 nitrogen and oxygen atoms in total. The third-order valence-corrected chi connectivity index (χ3v) is 3.93. The third-order valence-electron chi connectivity index (χ3n) is 3.93. The van der Waals surface area contributed by atoms with E-state index in [9.17, 15) is 0 Å². The van der Waals surface area contributed by atoms with Gasteiger partial charge in [-0.15, -0.1) is 0 Å². The molecule has 0 bridgehead atoms. The number of likely N-dealkylation sites (N-methyl/N-ethyl adjacent to an activating group) is 1. The van der Waals surface area contributed by atoms with Gasteiger partial charge >= 0.3 is 0 Å². The Balaban J connectivity index is 2.17. The Morgan fingerprint density at radius 1 is 1.24 bits per heavy atom. The van der Waals surface area contributed by atoms with Crippen LogP contribution < -0.4 is 5.32 Å². The SMILES string of the molecule is CCc1ccc(C2CNCCC2N(C)C)cc1. The summed E-state index contributed by atoms with van der Waals surface area (Å²) in [6, 6.07) is 9.84. The Hall–Kier alpha value is -0.860. The van der Waals surface area contributed by atoms with Crippen molar-refractivity contribution in [2.24, 2.45) is 0 Å². The minimum absolute atomic E-state index is 0.629. The van der Waals surface area contributed by atoms with Crippen molar-refractivity contribution < 1.29 is 0 Å². The van der Waals surface area contributed by atoms with Crippen molar-refractivity contribution in [3.8, 4) is 0 Å². The molecule has 1 saturated heterocycles. The van der Waals surface area contributed by atoms with E-state index in [4.69, 9.17) is 0 Å². The molecule has 1 N–H and O–H groups in total. The van der Waals surface area contributed by atoms with Gasteiger partial charge in [0.25, 0.3) is 0 Å². The number of hydrogen-bond donors (Lipinski definition) is 1. The van der Waals surface area contributed by atoms with Gasteiger partial charge in [-0.2, -0.15) is 0 Å². The van der Waals surface area contributed by atoms with E-state index in [1.807, 2.05) is 0 Å². The van der Waals surface area contributed by atoms with Crippen LogP contribution in [0.1, 0.15) is 30.4 Å². The van der Waals surface area contributed by atoms with Crippen LogP contribution in [0.2, 0.25) is 0 Å². The lowest BCUT2D eigenvalue weighted by Crippen LogP contribution is -2.45. The smallest absolute Gasteiger partial charge is 0.0182 e.